The molecule has 0 fully saturated rings. The third-order valence-corrected chi connectivity index (χ3v) is 9.81. The van der Waals surface area contributed by atoms with E-state index in [1.165, 1.54) is 0 Å². The second-order valence-corrected chi connectivity index (χ2v) is 15.6. The minimum Gasteiger partial charge on any atom is -0.760 e. The fourth-order valence-corrected chi connectivity index (χ4v) is 6.70. The zero-order valence-electron chi connectivity index (χ0n) is 35.3. The van der Waals surface area contributed by atoms with Crippen molar-refractivity contribution in [2.24, 2.45) is 0 Å². The molecule has 0 radical (unpaired) electrons. The fourth-order valence-electron chi connectivity index (χ4n) is 6.43. The van der Waals surface area contributed by atoms with E-state index in [0.29, 0.717) is 85.1 Å². The molecule has 4 N–H and O–H groups in total. The number of aromatic nitrogens is 2. The van der Waals surface area contributed by atoms with Crippen molar-refractivity contribution in [2.45, 2.75) is 32.7 Å². The quantitative estimate of drug-likeness (QED) is 0.0399. The van der Waals surface area contributed by atoms with Gasteiger partial charge in [0.05, 0.1) is 51.5 Å². The molecule has 2 amide bonds. The number of methoxy groups -OCH3 is 2. The molecular formula is C46H51N6O9S-. The Morgan fingerprint density at radius 2 is 1.45 bits per heavy atom. The summed E-state index contributed by atoms with van der Waals surface area (Å²) in [4.78, 5) is 22.9. The van der Waals surface area contributed by atoms with E-state index in [4.69, 9.17) is 28.4 Å². The SMILES string of the molecule is COCCOCCOCCOc1cc(Nc2nccc(Oc3ccc(NC(=O)Nc4cc(C(C)(C)C)cc(CNS(=O)[O-])c4-c4ccccc4)c4ccccc34)n2)cc(OC)c1. The number of carbonyl (C=O) groups is 1. The molecule has 62 heavy (non-hydrogen) atoms. The van der Waals surface area contributed by atoms with Gasteiger partial charge in [0, 0.05) is 77.4 Å². The smallest absolute Gasteiger partial charge is 0.323 e. The van der Waals surface area contributed by atoms with Gasteiger partial charge in [-0.25, -0.2) is 14.5 Å². The van der Waals surface area contributed by atoms with Crippen molar-refractivity contribution in [3.8, 4) is 34.3 Å². The van der Waals surface area contributed by atoms with Crippen LogP contribution in [0.25, 0.3) is 21.9 Å². The van der Waals surface area contributed by atoms with Gasteiger partial charge >= 0.3 is 6.03 Å². The zero-order valence-corrected chi connectivity index (χ0v) is 36.1. The number of hydrogen-bond donors (Lipinski definition) is 4. The average Bonchev–Trinajstić information content (AvgIpc) is 3.25. The molecule has 1 atom stereocenters. The highest BCUT2D eigenvalue weighted by molar-refractivity contribution is 7.77. The third kappa shape index (κ3) is 12.9. The van der Waals surface area contributed by atoms with Crippen LogP contribution in [0.5, 0.6) is 23.1 Å². The molecular weight excluding hydrogens is 813 g/mol. The molecule has 6 aromatic rings. The van der Waals surface area contributed by atoms with E-state index in [0.717, 1.165) is 21.9 Å². The molecule has 326 valence electrons. The van der Waals surface area contributed by atoms with Crippen LogP contribution in [0.3, 0.4) is 0 Å². The average molecular weight is 864 g/mol. The van der Waals surface area contributed by atoms with Crippen LogP contribution in [0.1, 0.15) is 31.9 Å². The van der Waals surface area contributed by atoms with Gasteiger partial charge in [-0.05, 0) is 40.3 Å². The van der Waals surface area contributed by atoms with E-state index in [1.807, 2.05) is 66.7 Å². The summed E-state index contributed by atoms with van der Waals surface area (Å²) in [6.07, 6.45) is 1.58. The molecule has 0 bridgehead atoms. The largest absolute Gasteiger partial charge is 0.760 e. The molecule has 5 aromatic carbocycles. The summed E-state index contributed by atoms with van der Waals surface area (Å²) >= 11 is -2.48. The molecule has 0 saturated heterocycles. The van der Waals surface area contributed by atoms with Crippen molar-refractivity contribution < 1.29 is 42.0 Å². The van der Waals surface area contributed by atoms with E-state index in [1.54, 1.807) is 56.8 Å². The maximum absolute atomic E-state index is 13.9. The van der Waals surface area contributed by atoms with Crippen LogP contribution in [0, 0.1) is 0 Å². The topological polar surface area (TPSA) is 186 Å². The van der Waals surface area contributed by atoms with E-state index >= 15 is 0 Å². The van der Waals surface area contributed by atoms with Crippen molar-refractivity contribution in [1.82, 2.24) is 14.7 Å². The lowest BCUT2D eigenvalue weighted by Gasteiger charge is -2.25. The summed E-state index contributed by atoms with van der Waals surface area (Å²) in [5.41, 5.74) is 4.58. The summed E-state index contributed by atoms with van der Waals surface area (Å²) in [5, 5.41) is 10.7. The molecule has 0 aliphatic heterocycles. The van der Waals surface area contributed by atoms with Gasteiger partial charge in [0.2, 0.25) is 11.8 Å². The highest BCUT2D eigenvalue weighted by Crippen LogP contribution is 2.38. The Bertz CT molecular complexity index is 2450. The van der Waals surface area contributed by atoms with Gasteiger partial charge < -0.3 is 48.9 Å². The van der Waals surface area contributed by atoms with Crippen molar-refractivity contribution in [3.63, 3.8) is 0 Å². The minimum atomic E-state index is -2.48. The lowest BCUT2D eigenvalue weighted by molar-refractivity contribution is 0.0179. The highest BCUT2D eigenvalue weighted by atomic mass is 32.2. The highest BCUT2D eigenvalue weighted by Gasteiger charge is 2.22. The summed E-state index contributed by atoms with van der Waals surface area (Å²) in [6, 6.07) is 31.1. The number of nitrogens with zero attached hydrogens (tertiary/aromatic N) is 2. The number of rotatable bonds is 21. The van der Waals surface area contributed by atoms with Crippen LogP contribution >= 0.6 is 0 Å². The summed E-state index contributed by atoms with van der Waals surface area (Å²) in [5.74, 6) is 2.22. The molecule has 0 aliphatic carbocycles. The second kappa shape index (κ2) is 22.1. The first-order valence-corrected chi connectivity index (χ1v) is 21.0. The van der Waals surface area contributed by atoms with Gasteiger partial charge in [-0.1, -0.05) is 81.4 Å². The number of carbonyl (C=O) groups excluding carboxylic acids is 1. The zero-order chi connectivity index (χ0) is 43.9. The first-order chi connectivity index (χ1) is 30.0. The summed E-state index contributed by atoms with van der Waals surface area (Å²) < 4.78 is 59.3. The Labute approximate surface area is 363 Å². The van der Waals surface area contributed by atoms with Crippen molar-refractivity contribution in [2.75, 3.05) is 69.8 Å². The molecule has 15 nitrogen and oxygen atoms in total. The maximum Gasteiger partial charge on any atom is 0.323 e. The summed E-state index contributed by atoms with van der Waals surface area (Å²) in [6.45, 7) is 8.90. The van der Waals surface area contributed by atoms with Gasteiger partial charge in [0.25, 0.3) is 0 Å². The van der Waals surface area contributed by atoms with Gasteiger partial charge in [0.15, 0.2) is 0 Å². The molecule has 1 aromatic heterocycles. The minimum absolute atomic E-state index is 0.0394. The second-order valence-electron chi connectivity index (χ2n) is 14.9. The Balaban J connectivity index is 1.16. The van der Waals surface area contributed by atoms with E-state index in [9.17, 15) is 13.6 Å². The fraction of sp³-hybridized carbons (Fsp3) is 0.283. The first-order valence-electron chi connectivity index (χ1n) is 19.9. The standard InChI is InChI=1S/C46H52N6O9S/c1-46(2,3)33-25-32(30-48-62(54)55)43(31-11-7-6-8-12-31)40(26-33)51-45(53)50-39-15-16-41(38-14-10-9-13-37(38)39)61-42-17-18-47-44(52-42)49-34-27-35(57-5)29-36(28-34)60-24-23-59-22-21-58-20-19-56-4/h6-18,25-29,48H,19-24,30H2,1-5H3,(H,54,55)(H,47,49,52)(H2,50,51,53)/p-1. The Morgan fingerprint density at radius 3 is 2.18 bits per heavy atom. The predicted octanol–water partition coefficient (Wildman–Crippen LogP) is 8.72. The van der Waals surface area contributed by atoms with E-state index < -0.39 is 17.3 Å². The predicted molar refractivity (Wildman–Crippen MR) is 240 cm³/mol. The number of ether oxygens (including phenoxy) is 6. The molecule has 1 unspecified atom stereocenters. The van der Waals surface area contributed by atoms with Gasteiger partial charge in [-0.3, -0.25) is 4.21 Å². The van der Waals surface area contributed by atoms with Crippen molar-refractivity contribution in [3.05, 3.63) is 120 Å². The molecule has 1 heterocycles. The molecule has 16 heteroatoms. The Morgan fingerprint density at radius 1 is 0.758 bits per heavy atom. The first kappa shape index (κ1) is 45.4. The van der Waals surface area contributed by atoms with Crippen LogP contribution in [-0.4, -0.2) is 78.6 Å². The van der Waals surface area contributed by atoms with Gasteiger partial charge in [-0.2, -0.15) is 4.98 Å². The van der Waals surface area contributed by atoms with E-state index in [-0.39, 0.29) is 23.8 Å². The number of benzene rings is 5. The monoisotopic (exact) mass is 863 g/mol. The number of fused-ring (bicyclic) bond motifs is 1. The van der Waals surface area contributed by atoms with Crippen molar-refractivity contribution >= 4 is 51.1 Å². The Hall–Kier alpha value is -6.14. The van der Waals surface area contributed by atoms with Crippen LogP contribution in [-0.2, 0) is 37.4 Å². The number of anilines is 4. The maximum atomic E-state index is 13.9. The molecule has 0 spiro atoms. The van der Waals surface area contributed by atoms with Gasteiger partial charge in [0.1, 0.15) is 23.9 Å². The Kier molecular flexibility index (Phi) is 16.2. The number of hydrogen-bond acceptors (Lipinski definition) is 12. The number of amides is 2. The number of urea groups is 1. The van der Waals surface area contributed by atoms with Gasteiger partial charge in [-0.15, -0.1) is 0 Å². The van der Waals surface area contributed by atoms with Crippen LogP contribution in [0.2, 0.25) is 0 Å². The van der Waals surface area contributed by atoms with Crippen LogP contribution in [0.4, 0.5) is 27.8 Å². The number of nitrogens with one attached hydrogen (secondary N) is 4. The molecule has 0 aliphatic rings. The van der Waals surface area contributed by atoms with Crippen LogP contribution in [0.15, 0.2) is 109 Å². The third-order valence-electron chi connectivity index (χ3n) is 9.43. The lowest BCUT2D eigenvalue weighted by atomic mass is 9.83. The lowest BCUT2D eigenvalue weighted by Crippen LogP contribution is -2.23. The van der Waals surface area contributed by atoms with E-state index in [2.05, 4.69) is 51.4 Å². The van der Waals surface area contributed by atoms with Crippen LogP contribution < -0.4 is 34.9 Å². The van der Waals surface area contributed by atoms with Crippen molar-refractivity contribution in [1.29, 1.82) is 0 Å². The summed E-state index contributed by atoms with van der Waals surface area (Å²) in [7, 11) is 3.20. The normalized spacial score (nSPS) is 11.8. The molecule has 0 saturated carbocycles. The molecule has 6 rings (SSSR count).